The Bertz CT molecular complexity index is 3240. The summed E-state index contributed by atoms with van der Waals surface area (Å²) < 4.78 is 16.9. The number of aromatic nitrogens is 2. The smallest absolute Gasteiger partial charge is 0.270 e. The molecule has 85 heavy (non-hydrogen) atoms. The SMILES string of the molecule is C#C[Si](C)(C)C.C#Cc1cc([N+](=O)[O-])ccc1C.CC.CC.CC.CC.CC.CC.Cc1ccc([N+](=O)[O-])cc1.Cc1ccc([N+](=O)[O-])cc1Br.Cn1ccc2cc(N)ccc21.Cn1ccc2cc([N+](=O)[O-])ccc21.O=[N+]([O-])c1ccc(F)cc1. The van der Waals surface area contributed by atoms with E-state index in [1.165, 1.54) is 53.4 Å². The summed E-state index contributed by atoms with van der Waals surface area (Å²) in [7, 11) is 2.83. The van der Waals surface area contributed by atoms with Crippen molar-refractivity contribution < 1.29 is 29.0 Å². The highest BCUT2D eigenvalue weighted by atomic mass is 79.9. The van der Waals surface area contributed by atoms with Crippen LogP contribution in [0.1, 0.15) is 105 Å². The quantitative estimate of drug-likeness (QED) is 0.0557. The van der Waals surface area contributed by atoms with E-state index in [4.69, 9.17) is 18.6 Å². The molecule has 0 bridgehead atoms. The summed E-state index contributed by atoms with van der Waals surface area (Å²) >= 11 is 3.21. The highest BCUT2D eigenvalue weighted by molar-refractivity contribution is 9.10. The number of nitrogens with zero attached hydrogens (tertiary/aromatic N) is 7. The highest BCUT2D eigenvalue weighted by Gasteiger charge is 2.09. The van der Waals surface area contributed by atoms with Gasteiger partial charge in [-0.3, -0.25) is 50.6 Å². The van der Waals surface area contributed by atoms with Crippen molar-refractivity contribution in [2.24, 2.45) is 14.1 Å². The molecule has 0 aliphatic rings. The number of nitrogens with two attached hydrogens (primary N) is 1. The van der Waals surface area contributed by atoms with Crippen LogP contribution in [0.4, 0.5) is 38.5 Å². The number of fused-ring (bicyclic) bond motifs is 2. The molecule has 462 valence electrons. The third-order valence-corrected chi connectivity index (χ3v) is 11.4. The third-order valence-electron chi connectivity index (χ3n) is 9.66. The Morgan fingerprint density at radius 3 is 1.15 bits per heavy atom. The number of hydrogen-bond donors (Lipinski definition) is 1. The number of nitrogen functional groups attached to an aromatic ring is 1. The van der Waals surface area contributed by atoms with Crippen LogP contribution >= 0.6 is 15.9 Å². The van der Waals surface area contributed by atoms with E-state index in [1.807, 2.05) is 159 Å². The molecule has 2 aromatic heterocycles. The molecule has 0 saturated carbocycles. The van der Waals surface area contributed by atoms with Crippen molar-refractivity contribution in [3.8, 4) is 24.3 Å². The van der Waals surface area contributed by atoms with Gasteiger partial charge < -0.3 is 14.9 Å². The summed E-state index contributed by atoms with van der Waals surface area (Å²) in [6.07, 6.45) is 14.2. The van der Waals surface area contributed by atoms with Crippen molar-refractivity contribution in [3.63, 3.8) is 0 Å². The van der Waals surface area contributed by atoms with Gasteiger partial charge in [0.25, 0.3) is 28.4 Å². The van der Waals surface area contributed by atoms with E-state index in [0.29, 0.717) is 5.56 Å². The molecule has 0 radical (unpaired) electrons. The molecule has 18 nitrogen and oxygen atoms in total. The molecule has 8 rings (SSSR count). The Morgan fingerprint density at radius 2 is 0.788 bits per heavy atom. The van der Waals surface area contributed by atoms with Crippen molar-refractivity contribution in [3.05, 3.63) is 229 Å². The Morgan fingerprint density at radius 1 is 0.471 bits per heavy atom. The predicted molar refractivity (Wildman–Crippen MR) is 359 cm³/mol. The third kappa shape index (κ3) is 35.5. The number of aryl methyl sites for hydroxylation is 5. The predicted octanol–water partition coefficient (Wildman–Crippen LogP) is 19.7. The molecule has 6 aromatic carbocycles. The van der Waals surface area contributed by atoms with E-state index in [0.717, 1.165) is 62.0 Å². The Hall–Kier alpha value is -9.05. The Labute approximate surface area is 512 Å². The number of terminal acetylenes is 2. The molecule has 0 saturated heterocycles. The lowest BCUT2D eigenvalue weighted by Gasteiger charge is -2.00. The van der Waals surface area contributed by atoms with Crippen LogP contribution in [0.2, 0.25) is 19.6 Å². The van der Waals surface area contributed by atoms with Crippen molar-refractivity contribution in [1.82, 2.24) is 9.13 Å². The van der Waals surface area contributed by atoms with Gasteiger partial charge in [0.2, 0.25) is 0 Å². The summed E-state index contributed by atoms with van der Waals surface area (Å²) in [6.45, 7) is 36.0. The van der Waals surface area contributed by atoms with Gasteiger partial charge in [-0.2, -0.15) is 0 Å². The summed E-state index contributed by atoms with van der Waals surface area (Å²) in [5.74, 6) is 1.92. The van der Waals surface area contributed by atoms with E-state index in [1.54, 1.807) is 36.4 Å². The average Bonchev–Trinajstić information content (AvgIpc) is 4.29. The maximum Gasteiger partial charge on any atom is 0.270 e. The second-order valence-corrected chi connectivity index (χ2v) is 22.1. The molecule has 0 aliphatic heterocycles. The van der Waals surface area contributed by atoms with Gasteiger partial charge in [-0.15, -0.1) is 18.4 Å². The molecule has 0 amide bonds. The first-order chi connectivity index (χ1) is 40.2. The maximum atomic E-state index is 12.1. The highest BCUT2D eigenvalue weighted by Crippen LogP contribution is 2.23. The van der Waals surface area contributed by atoms with Gasteiger partial charge in [0.1, 0.15) is 13.9 Å². The number of halogens is 2. The second kappa shape index (κ2) is 48.5. The number of benzene rings is 6. The van der Waals surface area contributed by atoms with Gasteiger partial charge in [0, 0.05) is 125 Å². The van der Waals surface area contributed by atoms with Crippen molar-refractivity contribution in [2.75, 3.05) is 5.73 Å². The number of nitro groups is 5. The van der Waals surface area contributed by atoms with E-state index >= 15 is 0 Å². The monoisotopic (exact) mass is 1250 g/mol. The molecular formula is C64H88BrFN8O10Si. The van der Waals surface area contributed by atoms with Crippen LogP contribution < -0.4 is 5.73 Å². The summed E-state index contributed by atoms with van der Waals surface area (Å²) in [5.41, 5.74) is 15.2. The van der Waals surface area contributed by atoms with E-state index in [2.05, 4.69) is 57.7 Å². The minimum atomic E-state index is -1.10. The van der Waals surface area contributed by atoms with Crippen LogP contribution in [0.3, 0.4) is 0 Å². The zero-order valence-corrected chi connectivity index (χ0v) is 55.6. The molecule has 2 heterocycles. The van der Waals surface area contributed by atoms with E-state index in [-0.39, 0.29) is 33.4 Å². The first kappa shape index (κ1) is 84.8. The van der Waals surface area contributed by atoms with E-state index < -0.39 is 33.6 Å². The molecule has 0 aliphatic carbocycles. The lowest BCUT2D eigenvalue weighted by atomic mass is 10.1. The van der Waals surface area contributed by atoms with E-state index in [9.17, 15) is 55.0 Å². The summed E-state index contributed by atoms with van der Waals surface area (Å²) in [5, 5.41) is 53.2. The lowest BCUT2D eigenvalue weighted by Crippen LogP contribution is -2.15. The number of anilines is 1. The largest absolute Gasteiger partial charge is 0.399 e. The number of non-ortho nitro benzene ring substituents is 5. The van der Waals surface area contributed by atoms with Crippen LogP contribution in [0, 0.1) is 101 Å². The molecule has 21 heteroatoms. The maximum absolute atomic E-state index is 12.1. The number of nitro benzene ring substituents is 5. The minimum absolute atomic E-state index is 0.0357. The second-order valence-electron chi connectivity index (χ2n) is 16.5. The average molecular weight is 1260 g/mol. The van der Waals surface area contributed by atoms with Gasteiger partial charge in [-0.1, -0.05) is 154 Å². The van der Waals surface area contributed by atoms with Crippen molar-refractivity contribution in [2.45, 2.75) is 123 Å². The van der Waals surface area contributed by atoms with Crippen molar-refractivity contribution in [1.29, 1.82) is 0 Å². The van der Waals surface area contributed by atoms with Gasteiger partial charge >= 0.3 is 0 Å². The number of hydrogen-bond acceptors (Lipinski definition) is 11. The van der Waals surface area contributed by atoms with Gasteiger partial charge in [-0.25, -0.2) is 4.39 Å². The molecule has 0 fully saturated rings. The fourth-order valence-electron chi connectivity index (χ4n) is 5.49. The first-order valence-electron chi connectivity index (χ1n) is 27.4. The fourth-order valence-corrected chi connectivity index (χ4v) is 5.85. The molecule has 0 atom stereocenters. The summed E-state index contributed by atoms with van der Waals surface area (Å²) in [6, 6.07) is 34.7. The van der Waals surface area contributed by atoms with Gasteiger partial charge in [0.05, 0.1) is 24.6 Å². The van der Waals surface area contributed by atoms with Gasteiger partial charge in [-0.05, 0) is 80.4 Å². The molecule has 0 spiro atoms. The van der Waals surface area contributed by atoms with Crippen LogP contribution in [-0.2, 0) is 14.1 Å². The number of rotatable bonds is 5. The molecule has 0 unspecified atom stereocenters. The fraction of sp³-hybridized carbons (Fsp3) is 0.312. The summed E-state index contributed by atoms with van der Waals surface area (Å²) in [4.78, 5) is 48.9. The van der Waals surface area contributed by atoms with Crippen molar-refractivity contribution >= 4 is 79.9 Å². The Balaban J connectivity index is -0.000000286. The van der Waals surface area contributed by atoms with Crippen LogP contribution in [0.15, 0.2) is 150 Å². The zero-order chi connectivity index (χ0) is 67.2. The van der Waals surface area contributed by atoms with Gasteiger partial charge in [0.15, 0.2) is 0 Å². The topological polar surface area (TPSA) is 252 Å². The van der Waals surface area contributed by atoms with Crippen LogP contribution in [-0.4, -0.2) is 41.8 Å². The first-order valence-corrected chi connectivity index (χ1v) is 31.7. The zero-order valence-electron chi connectivity index (χ0n) is 53.1. The van der Waals surface area contributed by atoms with Crippen LogP contribution in [0.5, 0.6) is 0 Å². The van der Waals surface area contributed by atoms with Crippen LogP contribution in [0.25, 0.3) is 21.8 Å². The molecule has 8 aromatic rings. The lowest BCUT2D eigenvalue weighted by molar-refractivity contribution is -0.385. The molecular weight excluding hydrogens is 1170 g/mol. The normalized spacial score (nSPS) is 8.85. The standard InChI is InChI=1S/C9H8N2O2.C9H10N2.C9H7NO2.C7H6BrNO2.C7H7NO2.C6H4FNO2.C5H10Si.6C2H6/c1-10-5-4-7-6-8(11(12)13)2-3-9(7)10;1-11-5-4-7-6-8(10)2-3-9(7)11;1-3-8-6-9(10(11)12)5-4-7(8)2;1-5-2-3-6(9(10)11)4-7(5)8;1-6-2-4-7(5-3-6)8(9)10;7-5-1-3-6(4-2-5)8(9)10;1-5-6(2,3)4;6*1-2/h2-6H,1H3;2-6H,10H2,1H3;1,4-6H,2H3;2-4H,1H3;2-5H,1H3;1-4H;1H,2-4H3;6*1-2H3. The minimum Gasteiger partial charge on any atom is -0.399 e. The Kier molecular flexibility index (Phi) is 48.3. The molecule has 2 N–H and O–H groups in total.